The quantitative estimate of drug-likeness (QED) is 0.872. The number of nitrogens with one attached hydrogen (secondary N) is 1. The molecule has 1 fully saturated rings. The third kappa shape index (κ3) is 3.36. The highest BCUT2D eigenvalue weighted by atomic mass is 32.2. The Kier molecular flexibility index (Phi) is 4.86. The average Bonchev–Trinajstić information content (AvgIpc) is 2.68. The summed E-state index contributed by atoms with van der Waals surface area (Å²) in [5.41, 5.74) is 1.04. The lowest BCUT2D eigenvalue weighted by Crippen LogP contribution is -2.42. The van der Waals surface area contributed by atoms with Gasteiger partial charge in [-0.1, -0.05) is 6.92 Å². The number of hydrogen-bond acceptors (Lipinski definition) is 4. The van der Waals surface area contributed by atoms with E-state index in [9.17, 15) is 4.79 Å². The molecule has 18 heavy (non-hydrogen) atoms. The van der Waals surface area contributed by atoms with Crippen LogP contribution in [0.25, 0.3) is 0 Å². The Morgan fingerprint density at radius 2 is 2.39 bits per heavy atom. The molecule has 1 N–H and O–H groups in total. The van der Waals surface area contributed by atoms with Crippen LogP contribution in [0.5, 0.6) is 0 Å². The highest BCUT2D eigenvalue weighted by molar-refractivity contribution is 8.00. The molecule has 1 aromatic rings. The average molecular weight is 302 g/mol. The van der Waals surface area contributed by atoms with Crippen molar-refractivity contribution < 1.29 is 4.79 Å². The van der Waals surface area contributed by atoms with E-state index in [2.05, 4.69) is 11.9 Å². The Balaban J connectivity index is 1.99. The first-order valence-corrected chi connectivity index (χ1v) is 8.45. The van der Waals surface area contributed by atoms with Gasteiger partial charge in [0.25, 0.3) is 0 Å². The zero-order chi connectivity index (χ0) is 13.1. The summed E-state index contributed by atoms with van der Waals surface area (Å²) in [6, 6.07) is 0. The highest BCUT2D eigenvalue weighted by Crippen LogP contribution is 2.22. The van der Waals surface area contributed by atoms with Crippen molar-refractivity contribution >= 4 is 41.2 Å². The molecule has 1 aromatic heterocycles. The molecule has 0 radical (unpaired) electrons. The fourth-order valence-electron chi connectivity index (χ4n) is 2.05. The summed E-state index contributed by atoms with van der Waals surface area (Å²) in [5, 5.41) is 0.605. The maximum Gasteiger partial charge on any atom is 0.227 e. The van der Waals surface area contributed by atoms with Gasteiger partial charge < -0.3 is 9.88 Å². The van der Waals surface area contributed by atoms with E-state index in [0.717, 1.165) is 39.8 Å². The van der Waals surface area contributed by atoms with Crippen LogP contribution in [-0.4, -0.2) is 39.9 Å². The molecule has 0 bridgehead atoms. The van der Waals surface area contributed by atoms with Crippen molar-refractivity contribution in [1.29, 1.82) is 0 Å². The molecule has 1 aliphatic rings. The van der Waals surface area contributed by atoms with Crippen LogP contribution in [0.2, 0.25) is 0 Å². The van der Waals surface area contributed by atoms with Gasteiger partial charge in [0.15, 0.2) is 3.95 Å². The molecular weight excluding hydrogens is 284 g/mol. The highest BCUT2D eigenvalue weighted by Gasteiger charge is 2.23. The Morgan fingerprint density at radius 1 is 1.61 bits per heavy atom. The van der Waals surface area contributed by atoms with Crippen LogP contribution in [0.15, 0.2) is 0 Å². The predicted molar refractivity (Wildman–Crippen MR) is 81.1 cm³/mol. The molecule has 3 nitrogen and oxygen atoms in total. The predicted octanol–water partition coefficient (Wildman–Crippen LogP) is 3.01. The first-order valence-electron chi connectivity index (χ1n) is 6.18. The molecule has 100 valence electrons. The third-order valence-electron chi connectivity index (χ3n) is 3.18. The molecule has 0 aliphatic carbocycles. The van der Waals surface area contributed by atoms with Crippen LogP contribution in [0, 0.1) is 10.9 Å². The number of thioether (sulfide) groups is 1. The molecule has 0 aromatic carbocycles. The van der Waals surface area contributed by atoms with E-state index >= 15 is 0 Å². The van der Waals surface area contributed by atoms with Gasteiger partial charge in [-0.3, -0.25) is 4.79 Å². The monoisotopic (exact) mass is 302 g/mol. The molecule has 1 unspecified atom stereocenters. The summed E-state index contributed by atoms with van der Waals surface area (Å²) < 4.78 is 0.760. The Bertz CT molecular complexity index is 480. The second-order valence-electron chi connectivity index (χ2n) is 4.48. The Labute approximate surface area is 121 Å². The van der Waals surface area contributed by atoms with Crippen LogP contribution < -0.4 is 0 Å². The minimum absolute atomic E-state index is 0.238. The van der Waals surface area contributed by atoms with Crippen molar-refractivity contribution in [1.82, 2.24) is 9.88 Å². The number of rotatable bonds is 3. The smallest absolute Gasteiger partial charge is 0.227 e. The normalized spacial score (nSPS) is 20.1. The van der Waals surface area contributed by atoms with Gasteiger partial charge in [0.2, 0.25) is 5.91 Å². The van der Waals surface area contributed by atoms with Gasteiger partial charge in [-0.25, -0.2) is 0 Å². The lowest BCUT2D eigenvalue weighted by Gasteiger charge is -2.32. The molecule has 6 heteroatoms. The minimum Gasteiger partial charge on any atom is -0.341 e. The molecule has 1 aliphatic heterocycles. The van der Waals surface area contributed by atoms with E-state index in [-0.39, 0.29) is 5.91 Å². The molecule has 2 rings (SSSR count). The SMILES string of the molecule is CCC1CN(C(=O)Cc2sc(=S)[nH]c2C)CCS1. The number of aryl methyl sites for hydroxylation is 1. The Hall–Kier alpha value is -0.330. The summed E-state index contributed by atoms with van der Waals surface area (Å²) in [5.74, 6) is 1.30. The number of hydrogen-bond donors (Lipinski definition) is 1. The van der Waals surface area contributed by atoms with Crippen LogP contribution in [0.3, 0.4) is 0 Å². The lowest BCUT2D eigenvalue weighted by molar-refractivity contribution is -0.130. The summed E-state index contributed by atoms with van der Waals surface area (Å²) in [6.07, 6.45) is 1.63. The zero-order valence-corrected chi connectivity index (χ0v) is 13.1. The van der Waals surface area contributed by atoms with E-state index in [1.807, 2.05) is 23.6 Å². The number of H-pyrrole nitrogens is 1. The number of amides is 1. The number of carbonyl (C=O) groups excluding carboxylic acids is 1. The van der Waals surface area contributed by atoms with E-state index in [4.69, 9.17) is 12.2 Å². The van der Waals surface area contributed by atoms with Gasteiger partial charge in [0.05, 0.1) is 6.42 Å². The van der Waals surface area contributed by atoms with E-state index < -0.39 is 0 Å². The van der Waals surface area contributed by atoms with Crippen LogP contribution in [-0.2, 0) is 11.2 Å². The molecule has 0 saturated carbocycles. The molecule has 0 spiro atoms. The van der Waals surface area contributed by atoms with Gasteiger partial charge in [-0.05, 0) is 25.6 Å². The van der Waals surface area contributed by atoms with Crippen molar-refractivity contribution in [2.24, 2.45) is 0 Å². The molecule has 1 amide bonds. The van der Waals surface area contributed by atoms with E-state index in [1.54, 1.807) is 0 Å². The van der Waals surface area contributed by atoms with Gasteiger partial charge in [0.1, 0.15) is 0 Å². The fourth-order valence-corrected chi connectivity index (χ4v) is 4.51. The summed E-state index contributed by atoms with van der Waals surface area (Å²) in [6.45, 7) is 5.95. The maximum atomic E-state index is 12.3. The minimum atomic E-state index is 0.238. The first-order chi connectivity index (χ1) is 8.60. The van der Waals surface area contributed by atoms with Crippen LogP contribution in [0.4, 0.5) is 0 Å². The van der Waals surface area contributed by atoms with Gasteiger partial charge in [-0.15, -0.1) is 11.3 Å². The summed E-state index contributed by atoms with van der Waals surface area (Å²) >= 11 is 8.61. The number of thiazole rings is 1. The van der Waals surface area contributed by atoms with Gasteiger partial charge in [-0.2, -0.15) is 11.8 Å². The van der Waals surface area contributed by atoms with Crippen LogP contribution >= 0.6 is 35.3 Å². The molecule has 1 atom stereocenters. The number of aromatic amines is 1. The molecular formula is C12H18N2OS3. The van der Waals surface area contributed by atoms with Crippen molar-refractivity contribution in [3.8, 4) is 0 Å². The summed E-state index contributed by atoms with van der Waals surface area (Å²) in [4.78, 5) is 18.4. The second kappa shape index (κ2) is 6.21. The van der Waals surface area contributed by atoms with Crippen molar-refractivity contribution in [2.75, 3.05) is 18.8 Å². The van der Waals surface area contributed by atoms with E-state index in [1.165, 1.54) is 11.3 Å². The molecule has 2 heterocycles. The van der Waals surface area contributed by atoms with Crippen molar-refractivity contribution in [3.63, 3.8) is 0 Å². The standard InChI is InChI=1S/C12H18N2OS3/c1-3-9-7-14(4-5-17-9)11(15)6-10-8(2)13-12(16)18-10/h9H,3-7H2,1-2H3,(H,13,16). The van der Waals surface area contributed by atoms with Crippen molar-refractivity contribution in [2.45, 2.75) is 31.9 Å². The first kappa shape index (κ1) is 14.1. The number of aromatic nitrogens is 1. The van der Waals surface area contributed by atoms with E-state index in [0.29, 0.717) is 11.7 Å². The van der Waals surface area contributed by atoms with Gasteiger partial charge in [0, 0.05) is 34.7 Å². The van der Waals surface area contributed by atoms with Crippen molar-refractivity contribution in [3.05, 3.63) is 14.5 Å². The fraction of sp³-hybridized carbons (Fsp3) is 0.667. The summed E-state index contributed by atoms with van der Waals surface area (Å²) in [7, 11) is 0. The second-order valence-corrected chi connectivity index (χ2v) is 7.66. The van der Waals surface area contributed by atoms with Gasteiger partial charge >= 0.3 is 0 Å². The third-order valence-corrected chi connectivity index (χ3v) is 5.89. The molecule has 1 saturated heterocycles. The largest absolute Gasteiger partial charge is 0.341 e. The van der Waals surface area contributed by atoms with Crippen LogP contribution in [0.1, 0.15) is 23.9 Å². The topological polar surface area (TPSA) is 36.1 Å². The lowest BCUT2D eigenvalue weighted by atomic mass is 10.2. The number of carbonyl (C=O) groups is 1. The maximum absolute atomic E-state index is 12.3. The Morgan fingerprint density at radius 3 is 3.00 bits per heavy atom. The number of nitrogens with zero attached hydrogens (tertiary/aromatic N) is 1. The zero-order valence-electron chi connectivity index (χ0n) is 10.7.